The van der Waals surface area contributed by atoms with E-state index in [1.807, 2.05) is 19.9 Å². The average Bonchev–Trinajstić information content (AvgIpc) is 2.70. The van der Waals surface area contributed by atoms with Crippen LogP contribution in [0, 0.1) is 0 Å². The highest BCUT2D eigenvalue weighted by molar-refractivity contribution is 6.13. The first-order valence-corrected chi connectivity index (χ1v) is 6.00. The lowest BCUT2D eigenvalue weighted by molar-refractivity contribution is 0.279. The van der Waals surface area contributed by atoms with Gasteiger partial charge in [0.15, 0.2) is 0 Å². The third kappa shape index (κ3) is 1.85. The van der Waals surface area contributed by atoms with Crippen LogP contribution >= 0.6 is 0 Å². The van der Waals surface area contributed by atoms with Crippen molar-refractivity contribution in [2.75, 3.05) is 18.1 Å². The molecule has 3 rings (SSSR count). The fraction of sp³-hybridized carbons (Fsp3) is 0.308. The zero-order chi connectivity index (χ0) is 13.6. The van der Waals surface area contributed by atoms with E-state index in [0.29, 0.717) is 35.0 Å². The largest absolute Gasteiger partial charge is 0.475 e. The zero-order valence-electron chi connectivity index (χ0n) is 10.8. The van der Waals surface area contributed by atoms with Crippen molar-refractivity contribution >= 4 is 28.3 Å². The summed E-state index contributed by atoms with van der Waals surface area (Å²) in [5.74, 6) is 0.887. The zero-order valence-corrected chi connectivity index (χ0v) is 10.8. The lowest BCUT2D eigenvalue weighted by atomic mass is 10.1. The Balaban J connectivity index is 2.32. The molecule has 2 heterocycles. The molecule has 0 atom stereocenters. The molecule has 1 aromatic heterocycles. The summed E-state index contributed by atoms with van der Waals surface area (Å²) in [5.41, 5.74) is 13.7. The van der Waals surface area contributed by atoms with Gasteiger partial charge in [0.1, 0.15) is 18.8 Å². The second-order valence-corrected chi connectivity index (χ2v) is 5.20. The number of ether oxygens (including phenoxy) is 1. The van der Waals surface area contributed by atoms with E-state index < -0.39 is 0 Å². The van der Waals surface area contributed by atoms with Crippen LogP contribution in [0.2, 0.25) is 0 Å². The third-order valence-corrected chi connectivity index (χ3v) is 3.05. The Morgan fingerprint density at radius 3 is 2.68 bits per heavy atom. The van der Waals surface area contributed by atoms with Gasteiger partial charge in [-0.15, -0.1) is 0 Å². The fourth-order valence-electron chi connectivity index (χ4n) is 2.14. The highest BCUT2D eigenvalue weighted by Crippen LogP contribution is 2.31. The number of fused-ring (bicyclic) bond motifs is 1. The second kappa shape index (κ2) is 3.81. The molecular formula is C13H15N5O. The topological polar surface area (TPSA) is 99.4 Å². The molecule has 0 amide bonds. The summed E-state index contributed by atoms with van der Waals surface area (Å²) in [6.07, 6.45) is 1.43. The van der Waals surface area contributed by atoms with Gasteiger partial charge >= 0.3 is 0 Å². The van der Waals surface area contributed by atoms with E-state index >= 15 is 0 Å². The van der Waals surface area contributed by atoms with E-state index in [4.69, 9.17) is 16.2 Å². The molecular weight excluding hydrogens is 242 g/mol. The van der Waals surface area contributed by atoms with Gasteiger partial charge in [0.25, 0.3) is 0 Å². The third-order valence-electron chi connectivity index (χ3n) is 3.05. The number of aliphatic imine (C=N–C) groups is 1. The number of hydrogen-bond donors (Lipinski definition) is 2. The molecule has 1 aromatic carbocycles. The van der Waals surface area contributed by atoms with Gasteiger partial charge in [-0.3, -0.25) is 0 Å². The summed E-state index contributed by atoms with van der Waals surface area (Å²) in [6, 6.07) is 3.59. The predicted octanol–water partition coefficient (Wildman–Crippen LogP) is 1.35. The minimum Gasteiger partial charge on any atom is -0.475 e. The van der Waals surface area contributed by atoms with Crippen molar-refractivity contribution in [3.8, 4) is 0 Å². The maximum Gasteiger partial charge on any atom is 0.219 e. The van der Waals surface area contributed by atoms with Gasteiger partial charge in [-0.05, 0) is 26.0 Å². The first-order valence-electron chi connectivity index (χ1n) is 6.00. The molecule has 0 spiro atoms. The van der Waals surface area contributed by atoms with Crippen LogP contribution in [-0.2, 0) is 4.74 Å². The Morgan fingerprint density at radius 2 is 2.00 bits per heavy atom. The number of nitrogens with two attached hydrogens (primary N) is 2. The first-order chi connectivity index (χ1) is 8.98. The lowest BCUT2D eigenvalue weighted by Gasteiger charge is -2.10. The average molecular weight is 257 g/mol. The SMILES string of the molecule is CC1(C)COC(c2c(N)ccc3ncnc(N)c23)=N1. The smallest absolute Gasteiger partial charge is 0.219 e. The maximum absolute atomic E-state index is 6.05. The quantitative estimate of drug-likeness (QED) is 0.751. The number of rotatable bonds is 1. The summed E-state index contributed by atoms with van der Waals surface area (Å²) in [7, 11) is 0. The number of nitrogens with zero attached hydrogens (tertiary/aromatic N) is 3. The minimum absolute atomic E-state index is 0.256. The molecule has 2 aromatic rings. The molecule has 0 radical (unpaired) electrons. The van der Waals surface area contributed by atoms with E-state index in [2.05, 4.69) is 15.0 Å². The fourth-order valence-corrected chi connectivity index (χ4v) is 2.14. The summed E-state index contributed by atoms with van der Waals surface area (Å²) in [6.45, 7) is 4.52. The van der Waals surface area contributed by atoms with Crippen molar-refractivity contribution in [2.45, 2.75) is 19.4 Å². The van der Waals surface area contributed by atoms with E-state index in [-0.39, 0.29) is 5.54 Å². The van der Waals surface area contributed by atoms with Crippen LogP contribution in [0.4, 0.5) is 11.5 Å². The van der Waals surface area contributed by atoms with E-state index in [0.717, 1.165) is 5.52 Å². The van der Waals surface area contributed by atoms with Crippen LogP contribution in [0.5, 0.6) is 0 Å². The summed E-state index contributed by atoms with van der Waals surface area (Å²) < 4.78 is 5.66. The van der Waals surface area contributed by atoms with Gasteiger partial charge in [-0.25, -0.2) is 15.0 Å². The van der Waals surface area contributed by atoms with Crippen molar-refractivity contribution < 1.29 is 4.74 Å². The second-order valence-electron chi connectivity index (χ2n) is 5.20. The Kier molecular flexibility index (Phi) is 2.35. The molecule has 1 aliphatic heterocycles. The van der Waals surface area contributed by atoms with Crippen LogP contribution in [0.1, 0.15) is 19.4 Å². The normalized spacial score (nSPS) is 17.3. The van der Waals surface area contributed by atoms with Crippen LogP contribution in [-0.4, -0.2) is 28.0 Å². The van der Waals surface area contributed by atoms with Gasteiger partial charge in [0.2, 0.25) is 5.90 Å². The number of aromatic nitrogens is 2. The van der Waals surface area contributed by atoms with E-state index in [1.165, 1.54) is 6.33 Å². The molecule has 6 heteroatoms. The van der Waals surface area contributed by atoms with Crippen molar-refractivity contribution in [1.29, 1.82) is 0 Å². The highest BCUT2D eigenvalue weighted by Gasteiger charge is 2.29. The predicted molar refractivity (Wildman–Crippen MR) is 74.9 cm³/mol. The number of nitrogen functional groups attached to an aromatic ring is 2. The molecule has 98 valence electrons. The standard InChI is InChI=1S/C13H15N5O/c1-13(2)5-19-12(18-13)9-7(14)3-4-8-10(9)11(15)17-6-16-8/h3-4,6H,5,14H2,1-2H3,(H2,15,16,17). The Bertz CT molecular complexity index is 693. The first kappa shape index (κ1) is 11.7. The molecule has 0 saturated carbocycles. The summed E-state index contributed by atoms with van der Waals surface area (Å²) >= 11 is 0. The van der Waals surface area contributed by atoms with Crippen molar-refractivity contribution in [3.63, 3.8) is 0 Å². The highest BCUT2D eigenvalue weighted by atomic mass is 16.5. The van der Waals surface area contributed by atoms with Crippen LogP contribution in [0.3, 0.4) is 0 Å². The van der Waals surface area contributed by atoms with Gasteiger partial charge < -0.3 is 16.2 Å². The summed E-state index contributed by atoms with van der Waals surface area (Å²) in [5, 5.41) is 0.693. The molecule has 0 aliphatic carbocycles. The monoisotopic (exact) mass is 257 g/mol. The van der Waals surface area contributed by atoms with Crippen LogP contribution in [0.25, 0.3) is 10.9 Å². The Morgan fingerprint density at radius 1 is 1.21 bits per heavy atom. The molecule has 6 nitrogen and oxygen atoms in total. The van der Waals surface area contributed by atoms with Crippen LogP contribution in [0.15, 0.2) is 23.5 Å². The van der Waals surface area contributed by atoms with E-state index in [9.17, 15) is 0 Å². The Labute approximate surface area is 110 Å². The van der Waals surface area contributed by atoms with Gasteiger partial charge in [-0.2, -0.15) is 0 Å². The number of anilines is 2. The van der Waals surface area contributed by atoms with Crippen molar-refractivity contribution in [2.24, 2.45) is 4.99 Å². The molecule has 0 saturated heterocycles. The number of benzene rings is 1. The molecule has 1 aliphatic rings. The molecule has 0 fully saturated rings. The van der Waals surface area contributed by atoms with Crippen molar-refractivity contribution in [1.82, 2.24) is 9.97 Å². The lowest BCUT2D eigenvalue weighted by Crippen LogP contribution is -2.17. The van der Waals surface area contributed by atoms with Crippen LogP contribution < -0.4 is 11.5 Å². The summed E-state index contributed by atoms with van der Waals surface area (Å²) in [4.78, 5) is 12.8. The molecule has 0 unspecified atom stereocenters. The number of hydrogen-bond acceptors (Lipinski definition) is 6. The molecule has 4 N–H and O–H groups in total. The molecule has 0 bridgehead atoms. The van der Waals surface area contributed by atoms with Gasteiger partial charge in [0, 0.05) is 5.69 Å². The van der Waals surface area contributed by atoms with E-state index in [1.54, 1.807) is 6.07 Å². The van der Waals surface area contributed by atoms with Gasteiger partial charge in [0.05, 0.1) is 22.0 Å². The van der Waals surface area contributed by atoms with Gasteiger partial charge in [-0.1, -0.05) is 0 Å². The Hall–Kier alpha value is -2.37. The molecule has 19 heavy (non-hydrogen) atoms. The minimum atomic E-state index is -0.256. The maximum atomic E-state index is 6.05. The van der Waals surface area contributed by atoms with Crippen molar-refractivity contribution in [3.05, 3.63) is 24.0 Å².